The predicted molar refractivity (Wildman–Crippen MR) is 47.7 cm³/mol. The number of nitrogens with one attached hydrogen (secondary N) is 1. The molecule has 3 nitrogen and oxygen atoms in total. The van der Waals surface area contributed by atoms with Crippen molar-refractivity contribution in [1.82, 2.24) is 4.98 Å². The van der Waals surface area contributed by atoms with Crippen LogP contribution in [0.25, 0.3) is 0 Å². The van der Waals surface area contributed by atoms with Crippen LogP contribution < -0.4 is 10.2 Å². The van der Waals surface area contributed by atoms with Crippen LogP contribution in [0.15, 0.2) is 10.9 Å². The van der Waals surface area contributed by atoms with Crippen LogP contribution in [0.2, 0.25) is 0 Å². The van der Waals surface area contributed by atoms with Gasteiger partial charge in [0, 0.05) is 11.8 Å². The summed E-state index contributed by atoms with van der Waals surface area (Å²) in [4.78, 5) is 14.4. The summed E-state index contributed by atoms with van der Waals surface area (Å²) in [6.45, 7) is 3.83. The maximum atomic E-state index is 11.3. The van der Waals surface area contributed by atoms with Gasteiger partial charge < -0.3 is 9.72 Å². The Balaban J connectivity index is 3.28. The van der Waals surface area contributed by atoms with E-state index in [1.165, 1.54) is 7.11 Å². The van der Waals surface area contributed by atoms with Crippen molar-refractivity contribution in [2.75, 3.05) is 7.11 Å². The molecular formula is C9H13NO2. The van der Waals surface area contributed by atoms with Crippen LogP contribution in [0.5, 0.6) is 5.75 Å². The lowest BCUT2D eigenvalue weighted by Crippen LogP contribution is -2.09. The van der Waals surface area contributed by atoms with E-state index in [0.29, 0.717) is 5.75 Å². The molecule has 0 unspecified atom stereocenters. The van der Waals surface area contributed by atoms with Gasteiger partial charge in [-0.05, 0) is 13.3 Å². The molecule has 0 saturated heterocycles. The molecule has 3 heteroatoms. The Morgan fingerprint density at radius 1 is 1.58 bits per heavy atom. The summed E-state index contributed by atoms with van der Waals surface area (Å²) in [5, 5.41) is 0. The summed E-state index contributed by atoms with van der Waals surface area (Å²) >= 11 is 0. The smallest absolute Gasteiger partial charge is 0.223 e. The van der Waals surface area contributed by atoms with Gasteiger partial charge in [-0.1, -0.05) is 6.92 Å². The number of aromatic amines is 1. The lowest BCUT2D eigenvalue weighted by Gasteiger charge is -2.05. The molecule has 0 aliphatic carbocycles. The highest BCUT2D eigenvalue weighted by Crippen LogP contribution is 2.08. The molecule has 0 bridgehead atoms. The van der Waals surface area contributed by atoms with Crippen LogP contribution in [0.1, 0.15) is 18.3 Å². The van der Waals surface area contributed by atoms with E-state index in [1.54, 1.807) is 6.07 Å². The Labute approximate surface area is 71.4 Å². The summed E-state index contributed by atoms with van der Waals surface area (Å²) in [5.41, 5.74) is 1.69. The van der Waals surface area contributed by atoms with Gasteiger partial charge in [-0.3, -0.25) is 4.79 Å². The van der Waals surface area contributed by atoms with E-state index in [4.69, 9.17) is 4.74 Å². The van der Waals surface area contributed by atoms with E-state index in [-0.39, 0.29) is 5.43 Å². The first-order chi connectivity index (χ1) is 5.69. The topological polar surface area (TPSA) is 42.1 Å². The molecule has 1 rings (SSSR count). The highest BCUT2D eigenvalue weighted by atomic mass is 16.5. The molecule has 1 N–H and O–H groups in total. The van der Waals surface area contributed by atoms with Crippen LogP contribution in [0.3, 0.4) is 0 Å². The van der Waals surface area contributed by atoms with Gasteiger partial charge in [0.25, 0.3) is 0 Å². The van der Waals surface area contributed by atoms with Crippen molar-refractivity contribution in [3.8, 4) is 5.75 Å². The molecule has 1 heterocycles. The lowest BCUT2D eigenvalue weighted by atomic mass is 10.2. The second kappa shape index (κ2) is 3.43. The minimum atomic E-state index is -0.0504. The first-order valence-electron chi connectivity index (χ1n) is 3.95. The fourth-order valence-electron chi connectivity index (χ4n) is 1.19. The largest absolute Gasteiger partial charge is 0.491 e. The molecule has 0 radical (unpaired) electrons. The van der Waals surface area contributed by atoms with Gasteiger partial charge in [0.1, 0.15) is 0 Å². The van der Waals surface area contributed by atoms with Crippen molar-refractivity contribution >= 4 is 0 Å². The quantitative estimate of drug-likeness (QED) is 0.720. The average molecular weight is 167 g/mol. The molecule has 0 aromatic carbocycles. The highest BCUT2D eigenvalue weighted by molar-refractivity contribution is 5.28. The van der Waals surface area contributed by atoms with E-state index in [1.807, 2.05) is 13.8 Å². The predicted octanol–water partition coefficient (Wildman–Crippen LogP) is 1.25. The summed E-state index contributed by atoms with van der Waals surface area (Å²) in [7, 11) is 1.50. The Morgan fingerprint density at radius 3 is 2.67 bits per heavy atom. The Morgan fingerprint density at radius 2 is 2.25 bits per heavy atom. The number of hydrogen-bond acceptors (Lipinski definition) is 2. The van der Waals surface area contributed by atoms with Crippen molar-refractivity contribution in [1.29, 1.82) is 0 Å². The van der Waals surface area contributed by atoms with Crippen LogP contribution in [0.4, 0.5) is 0 Å². The van der Waals surface area contributed by atoms with E-state index >= 15 is 0 Å². The Kier molecular flexibility index (Phi) is 2.53. The molecule has 66 valence electrons. The number of ether oxygens (including phenoxy) is 1. The molecule has 12 heavy (non-hydrogen) atoms. The fourth-order valence-corrected chi connectivity index (χ4v) is 1.19. The first-order valence-corrected chi connectivity index (χ1v) is 3.95. The molecule has 1 aromatic rings. The second-order valence-electron chi connectivity index (χ2n) is 2.67. The van der Waals surface area contributed by atoms with Gasteiger partial charge in [0.05, 0.1) is 12.8 Å². The van der Waals surface area contributed by atoms with Gasteiger partial charge >= 0.3 is 0 Å². The minimum absolute atomic E-state index is 0.0504. The molecule has 0 amide bonds. The zero-order valence-corrected chi connectivity index (χ0v) is 7.60. The molecule has 0 fully saturated rings. The standard InChI is InChI=1S/C9H13NO2/c1-4-7-5-8(11)9(12-3)6(2)10-7/h5H,4H2,1-3H3,(H,10,11). The maximum absolute atomic E-state index is 11.3. The van der Waals surface area contributed by atoms with Crippen LogP contribution >= 0.6 is 0 Å². The van der Waals surface area contributed by atoms with E-state index in [0.717, 1.165) is 17.8 Å². The number of H-pyrrole nitrogens is 1. The third-order valence-electron chi connectivity index (χ3n) is 1.80. The zero-order valence-electron chi connectivity index (χ0n) is 7.60. The monoisotopic (exact) mass is 167 g/mol. The summed E-state index contributed by atoms with van der Waals surface area (Å²) in [6.07, 6.45) is 0.833. The van der Waals surface area contributed by atoms with Gasteiger partial charge in [0.2, 0.25) is 5.43 Å². The maximum Gasteiger partial charge on any atom is 0.223 e. The third-order valence-corrected chi connectivity index (χ3v) is 1.80. The molecule has 0 saturated carbocycles. The van der Waals surface area contributed by atoms with Gasteiger partial charge in [0.15, 0.2) is 5.75 Å². The van der Waals surface area contributed by atoms with Crippen molar-refractivity contribution in [3.05, 3.63) is 27.7 Å². The van der Waals surface area contributed by atoms with Gasteiger partial charge in [-0.25, -0.2) is 0 Å². The Bertz CT molecular complexity index is 328. The molecule has 1 aromatic heterocycles. The van der Waals surface area contributed by atoms with E-state index < -0.39 is 0 Å². The molecule has 0 aliphatic rings. The SMILES string of the molecule is CCc1cc(=O)c(OC)c(C)[nH]1. The molecule has 0 aliphatic heterocycles. The summed E-state index contributed by atoms with van der Waals surface area (Å²) < 4.78 is 4.93. The molecule has 0 atom stereocenters. The number of methoxy groups -OCH3 is 1. The average Bonchev–Trinajstić information content (AvgIpc) is 2.03. The van der Waals surface area contributed by atoms with Crippen LogP contribution in [-0.2, 0) is 6.42 Å². The fraction of sp³-hybridized carbons (Fsp3) is 0.444. The van der Waals surface area contributed by atoms with E-state index in [9.17, 15) is 4.79 Å². The van der Waals surface area contributed by atoms with Crippen molar-refractivity contribution in [3.63, 3.8) is 0 Å². The van der Waals surface area contributed by atoms with Crippen LogP contribution in [-0.4, -0.2) is 12.1 Å². The summed E-state index contributed by atoms with van der Waals surface area (Å²) in [5.74, 6) is 0.409. The number of hydrogen-bond donors (Lipinski definition) is 1. The first kappa shape index (κ1) is 8.84. The second-order valence-corrected chi connectivity index (χ2v) is 2.67. The third kappa shape index (κ3) is 1.49. The number of pyridine rings is 1. The van der Waals surface area contributed by atoms with Crippen LogP contribution in [0, 0.1) is 6.92 Å². The lowest BCUT2D eigenvalue weighted by molar-refractivity contribution is 0.405. The van der Waals surface area contributed by atoms with Crippen molar-refractivity contribution in [2.24, 2.45) is 0 Å². The summed E-state index contributed by atoms with van der Waals surface area (Å²) in [6, 6.07) is 1.58. The number of aryl methyl sites for hydroxylation is 2. The van der Waals surface area contributed by atoms with E-state index in [2.05, 4.69) is 4.98 Å². The normalized spacial score (nSPS) is 9.92. The van der Waals surface area contributed by atoms with Crippen molar-refractivity contribution < 1.29 is 4.74 Å². The Hall–Kier alpha value is -1.25. The highest BCUT2D eigenvalue weighted by Gasteiger charge is 2.04. The molecular weight excluding hydrogens is 154 g/mol. The number of rotatable bonds is 2. The number of aromatic nitrogens is 1. The van der Waals surface area contributed by atoms with Gasteiger partial charge in [-0.15, -0.1) is 0 Å². The van der Waals surface area contributed by atoms with Crippen molar-refractivity contribution in [2.45, 2.75) is 20.3 Å². The minimum Gasteiger partial charge on any atom is -0.491 e. The molecule has 0 spiro atoms. The zero-order chi connectivity index (χ0) is 9.14. The van der Waals surface area contributed by atoms with Gasteiger partial charge in [-0.2, -0.15) is 0 Å².